The predicted octanol–water partition coefficient (Wildman–Crippen LogP) is 9.29. The number of aliphatic carboxylic acids is 2. The molecular weight excluding hydrogens is 592 g/mol. The maximum Gasteiger partial charge on any atom is 0.303 e. The first-order chi connectivity index (χ1) is 22.7. The summed E-state index contributed by atoms with van der Waals surface area (Å²) in [5.74, 6) is -0.978. The zero-order chi connectivity index (χ0) is 34.7. The van der Waals surface area contributed by atoms with Crippen LogP contribution in [0.3, 0.4) is 0 Å². The van der Waals surface area contributed by atoms with Crippen molar-refractivity contribution in [1.82, 2.24) is 0 Å². The van der Waals surface area contributed by atoms with E-state index in [1.165, 1.54) is 19.3 Å². The number of hydrogen-bond acceptors (Lipinski definition) is 5. The van der Waals surface area contributed by atoms with Crippen LogP contribution in [0.25, 0.3) is 0 Å². The Balaban J connectivity index is 0.000000470. The van der Waals surface area contributed by atoms with Crippen molar-refractivity contribution in [3.63, 3.8) is 0 Å². The molecule has 0 aliphatic heterocycles. The molecule has 0 bridgehead atoms. The van der Waals surface area contributed by atoms with E-state index in [-0.39, 0.29) is 42.2 Å². The second kappa shape index (κ2) is 26.7. The quantitative estimate of drug-likeness (QED) is 0.0538. The molecule has 0 aromatic rings. The minimum Gasteiger partial charge on any atom is -0.481 e. The average molecular weight is 653 g/mol. The van der Waals surface area contributed by atoms with E-state index in [1.54, 1.807) is 12.2 Å². The fourth-order valence-electron chi connectivity index (χ4n) is 5.65. The van der Waals surface area contributed by atoms with Crippen LogP contribution in [0.15, 0.2) is 72.4 Å². The molecule has 7 heteroatoms. The number of aliphatic hydroxyl groups excluding tert-OH is 1. The van der Waals surface area contributed by atoms with Gasteiger partial charge in [-0.05, 0) is 63.5 Å². The van der Waals surface area contributed by atoms with Crippen LogP contribution >= 0.6 is 0 Å². The van der Waals surface area contributed by atoms with Gasteiger partial charge in [-0.3, -0.25) is 19.2 Å². The average Bonchev–Trinajstić information content (AvgIpc) is 3.57. The number of allylic oxidation sites excluding steroid dienone is 11. The lowest BCUT2D eigenvalue weighted by Gasteiger charge is -2.15. The molecular formula is C40H60O7. The van der Waals surface area contributed by atoms with Crippen molar-refractivity contribution in [2.24, 2.45) is 17.8 Å². The van der Waals surface area contributed by atoms with Gasteiger partial charge in [0.15, 0.2) is 11.6 Å². The SMILES string of the molecule is CCCCC/C=C/C=C1/C(=O)C=CC1C/C=C/CCCC(=O)O.CCCCC[C@H](O)/C=C/C1C=CC(=O)C1CCCCCCC(=O)O. The lowest BCUT2D eigenvalue weighted by molar-refractivity contribution is -0.138. The molecule has 262 valence electrons. The van der Waals surface area contributed by atoms with Crippen molar-refractivity contribution >= 4 is 23.5 Å². The number of carbonyl (C=O) groups excluding carboxylic acids is 2. The Morgan fingerprint density at radius 1 is 0.787 bits per heavy atom. The summed E-state index contributed by atoms with van der Waals surface area (Å²) in [6.07, 6.45) is 36.6. The van der Waals surface area contributed by atoms with Crippen molar-refractivity contribution in [2.75, 3.05) is 0 Å². The Morgan fingerprint density at radius 3 is 2.19 bits per heavy atom. The fourth-order valence-corrected chi connectivity index (χ4v) is 5.65. The third kappa shape index (κ3) is 20.5. The van der Waals surface area contributed by atoms with E-state index in [4.69, 9.17) is 10.2 Å². The molecule has 2 aliphatic carbocycles. The molecule has 0 amide bonds. The Bertz CT molecular complexity index is 1110. The molecule has 2 aliphatic rings. The van der Waals surface area contributed by atoms with Gasteiger partial charge in [-0.2, -0.15) is 0 Å². The molecule has 0 aromatic carbocycles. The third-order valence-corrected chi connectivity index (χ3v) is 8.50. The number of carbonyl (C=O) groups is 4. The molecule has 7 nitrogen and oxygen atoms in total. The molecule has 3 N–H and O–H groups in total. The topological polar surface area (TPSA) is 129 Å². The van der Waals surface area contributed by atoms with Gasteiger partial charge in [0.05, 0.1) is 6.10 Å². The number of carboxylic acids is 2. The zero-order valence-corrected chi connectivity index (χ0v) is 28.9. The van der Waals surface area contributed by atoms with Crippen LogP contribution in [0.2, 0.25) is 0 Å². The summed E-state index contributed by atoms with van der Waals surface area (Å²) in [5, 5.41) is 27.1. The Kier molecular flexibility index (Phi) is 23.7. The van der Waals surface area contributed by atoms with Gasteiger partial charge in [-0.25, -0.2) is 0 Å². The van der Waals surface area contributed by atoms with Crippen LogP contribution in [0, 0.1) is 17.8 Å². The van der Waals surface area contributed by atoms with Crippen molar-refractivity contribution in [3.8, 4) is 0 Å². The zero-order valence-electron chi connectivity index (χ0n) is 28.9. The van der Waals surface area contributed by atoms with Crippen LogP contribution < -0.4 is 0 Å². The van der Waals surface area contributed by atoms with Gasteiger partial charge in [0.25, 0.3) is 0 Å². The highest BCUT2D eigenvalue weighted by atomic mass is 16.4. The van der Waals surface area contributed by atoms with Gasteiger partial charge < -0.3 is 15.3 Å². The van der Waals surface area contributed by atoms with E-state index < -0.39 is 18.0 Å². The highest BCUT2D eigenvalue weighted by Gasteiger charge is 2.27. The highest BCUT2D eigenvalue weighted by molar-refractivity contribution is 6.07. The van der Waals surface area contributed by atoms with Gasteiger partial charge in [-0.1, -0.05) is 120 Å². The summed E-state index contributed by atoms with van der Waals surface area (Å²) in [6.45, 7) is 4.33. The monoisotopic (exact) mass is 652 g/mol. The highest BCUT2D eigenvalue weighted by Crippen LogP contribution is 2.29. The normalized spacial score (nSPS) is 20.7. The minimum absolute atomic E-state index is 0.0106. The first kappa shape index (κ1) is 41.7. The maximum absolute atomic E-state index is 12.0. The Hall–Kier alpha value is -3.32. The van der Waals surface area contributed by atoms with Gasteiger partial charge in [0.1, 0.15) is 0 Å². The van der Waals surface area contributed by atoms with Crippen LogP contribution in [0.1, 0.15) is 129 Å². The molecule has 2 rings (SSSR count). The number of carboxylic acid groups (broad SMARTS) is 2. The van der Waals surface area contributed by atoms with Crippen molar-refractivity contribution in [2.45, 2.75) is 136 Å². The molecule has 47 heavy (non-hydrogen) atoms. The van der Waals surface area contributed by atoms with E-state index in [1.807, 2.05) is 48.6 Å². The van der Waals surface area contributed by atoms with Crippen LogP contribution in [-0.2, 0) is 19.2 Å². The van der Waals surface area contributed by atoms with Gasteiger partial charge in [-0.15, -0.1) is 0 Å². The maximum atomic E-state index is 12.0. The van der Waals surface area contributed by atoms with E-state index in [9.17, 15) is 24.3 Å². The van der Waals surface area contributed by atoms with Crippen molar-refractivity contribution < 1.29 is 34.5 Å². The fraction of sp³-hybridized carbons (Fsp3) is 0.600. The molecule has 0 saturated heterocycles. The summed E-state index contributed by atoms with van der Waals surface area (Å²) in [7, 11) is 0. The summed E-state index contributed by atoms with van der Waals surface area (Å²) in [4.78, 5) is 44.7. The van der Waals surface area contributed by atoms with Crippen LogP contribution in [0.5, 0.6) is 0 Å². The molecule has 0 saturated carbocycles. The molecule has 0 heterocycles. The van der Waals surface area contributed by atoms with Crippen LogP contribution in [-0.4, -0.2) is 44.9 Å². The first-order valence-electron chi connectivity index (χ1n) is 18.0. The number of rotatable bonds is 24. The second-order valence-corrected chi connectivity index (χ2v) is 12.6. The first-order valence-corrected chi connectivity index (χ1v) is 18.0. The number of hydrogen-bond donors (Lipinski definition) is 3. The molecule has 4 atom stereocenters. The summed E-state index contributed by atoms with van der Waals surface area (Å²) >= 11 is 0. The van der Waals surface area contributed by atoms with E-state index >= 15 is 0 Å². The largest absolute Gasteiger partial charge is 0.481 e. The van der Waals surface area contributed by atoms with Crippen molar-refractivity contribution in [1.29, 1.82) is 0 Å². The van der Waals surface area contributed by atoms with Gasteiger partial charge >= 0.3 is 11.9 Å². The third-order valence-electron chi connectivity index (χ3n) is 8.50. The Morgan fingerprint density at radius 2 is 1.47 bits per heavy atom. The summed E-state index contributed by atoms with van der Waals surface area (Å²) in [5.41, 5.74) is 0.854. The number of unbranched alkanes of at least 4 members (excludes halogenated alkanes) is 9. The number of ketones is 2. The predicted molar refractivity (Wildman–Crippen MR) is 190 cm³/mol. The molecule has 0 spiro atoms. The van der Waals surface area contributed by atoms with E-state index in [0.29, 0.717) is 12.8 Å². The number of aliphatic hydroxyl groups is 1. The van der Waals surface area contributed by atoms with Crippen LogP contribution in [0.4, 0.5) is 0 Å². The smallest absolute Gasteiger partial charge is 0.303 e. The molecule has 0 aromatic heterocycles. The summed E-state index contributed by atoms with van der Waals surface area (Å²) in [6, 6.07) is 0. The molecule has 0 radical (unpaired) electrons. The minimum atomic E-state index is -0.751. The van der Waals surface area contributed by atoms with Crippen molar-refractivity contribution in [3.05, 3.63) is 72.4 Å². The summed E-state index contributed by atoms with van der Waals surface area (Å²) < 4.78 is 0. The standard InChI is InChI=1S/C20H32O4.C20H28O3/c1-2-3-6-9-17(21)14-12-16-13-15-19(22)18(16)10-7-4-5-8-11-20(23)24;1-2-3-4-5-6-10-13-18-17(15-16-19(18)21)12-9-7-8-11-14-20(22)23/h12-18,21H,2-11H2,1H3,(H,23,24);6-7,9-10,13,15-17H,2-5,8,11-12,14H2,1H3,(H,22,23)/b14-12+;9-7+,10-6+,18-13+/t16?,17-,18?;/m0./s1. The van der Waals surface area contributed by atoms with E-state index in [2.05, 4.69) is 19.9 Å². The van der Waals surface area contributed by atoms with E-state index in [0.717, 1.165) is 76.2 Å². The second-order valence-electron chi connectivity index (χ2n) is 12.6. The molecule has 0 fully saturated rings. The lowest BCUT2D eigenvalue weighted by Crippen LogP contribution is -2.15. The molecule has 3 unspecified atom stereocenters. The van der Waals surface area contributed by atoms with Gasteiger partial charge in [0, 0.05) is 36.2 Å². The lowest BCUT2D eigenvalue weighted by atomic mass is 9.88. The Labute approximate surface area is 283 Å². The van der Waals surface area contributed by atoms with Gasteiger partial charge in [0.2, 0.25) is 0 Å².